The van der Waals surface area contributed by atoms with Crippen molar-refractivity contribution >= 4 is 0 Å². The van der Waals surface area contributed by atoms with E-state index in [0.29, 0.717) is 38.1 Å². The Morgan fingerprint density at radius 3 is 2.79 bits per heavy atom. The summed E-state index contributed by atoms with van der Waals surface area (Å²) in [5, 5.41) is 13.7. The summed E-state index contributed by atoms with van der Waals surface area (Å²) < 4.78 is 19.0. The monoisotopic (exact) mass is 267 g/mol. The molecule has 0 radical (unpaired) electrons. The van der Waals surface area contributed by atoms with Crippen molar-refractivity contribution in [2.45, 2.75) is 44.4 Å². The molecule has 0 amide bonds. The smallest absolute Gasteiger partial charge is 0.127 e. The van der Waals surface area contributed by atoms with Gasteiger partial charge in [0.2, 0.25) is 0 Å². The highest BCUT2D eigenvalue weighted by molar-refractivity contribution is 5.17. The number of benzene rings is 1. The van der Waals surface area contributed by atoms with Crippen LogP contribution in [0.15, 0.2) is 24.3 Å². The van der Waals surface area contributed by atoms with Crippen molar-refractivity contribution in [3.63, 3.8) is 0 Å². The van der Waals surface area contributed by atoms with E-state index in [9.17, 15) is 9.50 Å². The van der Waals surface area contributed by atoms with E-state index in [4.69, 9.17) is 4.74 Å². The highest BCUT2D eigenvalue weighted by atomic mass is 19.1. The molecule has 3 nitrogen and oxygen atoms in total. The lowest BCUT2D eigenvalue weighted by Crippen LogP contribution is -2.51. The van der Waals surface area contributed by atoms with Crippen LogP contribution in [-0.4, -0.2) is 29.5 Å². The fraction of sp³-hybridized carbons (Fsp3) is 0.600. The molecule has 1 fully saturated rings. The summed E-state index contributed by atoms with van der Waals surface area (Å²) in [4.78, 5) is 0. The number of halogens is 1. The van der Waals surface area contributed by atoms with Crippen LogP contribution in [0.1, 0.15) is 32.3 Å². The minimum atomic E-state index is -0.771. The van der Waals surface area contributed by atoms with Gasteiger partial charge in [0.1, 0.15) is 5.82 Å². The second kappa shape index (κ2) is 5.57. The summed E-state index contributed by atoms with van der Waals surface area (Å²) in [5.41, 5.74) is -0.447. The molecule has 1 heterocycles. The van der Waals surface area contributed by atoms with Crippen LogP contribution in [0.3, 0.4) is 0 Å². The third kappa shape index (κ3) is 4.00. The van der Waals surface area contributed by atoms with Gasteiger partial charge in [0.15, 0.2) is 0 Å². The molecule has 1 aromatic carbocycles. The second-order valence-electron chi connectivity index (χ2n) is 5.95. The predicted molar refractivity (Wildman–Crippen MR) is 72.3 cm³/mol. The molecule has 1 aliphatic rings. The molecule has 0 saturated carbocycles. The van der Waals surface area contributed by atoms with Crippen molar-refractivity contribution in [1.29, 1.82) is 0 Å². The fourth-order valence-corrected chi connectivity index (χ4v) is 2.67. The van der Waals surface area contributed by atoms with E-state index < -0.39 is 5.60 Å². The molecular formula is C15H22FNO2. The van der Waals surface area contributed by atoms with Gasteiger partial charge >= 0.3 is 0 Å². The standard InChI is InChI=1S/C15H22FNO2/c1-14(2)10-15(18,7-8-19-14)11-17-9-12-5-3-4-6-13(12)16/h3-6,17-18H,7-11H2,1-2H3/t15-/m0/s1. The Hall–Kier alpha value is -0.970. The van der Waals surface area contributed by atoms with Crippen molar-refractivity contribution in [2.75, 3.05) is 13.2 Å². The van der Waals surface area contributed by atoms with Gasteiger partial charge in [0, 0.05) is 31.5 Å². The van der Waals surface area contributed by atoms with Gasteiger partial charge in [-0.2, -0.15) is 0 Å². The first kappa shape index (κ1) is 14.4. The third-order valence-corrected chi connectivity index (χ3v) is 3.54. The summed E-state index contributed by atoms with van der Waals surface area (Å²) in [6.07, 6.45) is 1.20. The van der Waals surface area contributed by atoms with Gasteiger partial charge < -0.3 is 15.2 Å². The topological polar surface area (TPSA) is 41.5 Å². The zero-order valence-corrected chi connectivity index (χ0v) is 11.6. The van der Waals surface area contributed by atoms with Crippen molar-refractivity contribution in [3.05, 3.63) is 35.6 Å². The summed E-state index contributed by atoms with van der Waals surface area (Å²) in [5.74, 6) is -0.214. The fourth-order valence-electron chi connectivity index (χ4n) is 2.67. The van der Waals surface area contributed by atoms with Crippen LogP contribution in [0.5, 0.6) is 0 Å². The Balaban J connectivity index is 1.87. The van der Waals surface area contributed by atoms with Crippen molar-refractivity contribution < 1.29 is 14.2 Å². The van der Waals surface area contributed by atoms with Gasteiger partial charge in [0.05, 0.1) is 17.8 Å². The highest BCUT2D eigenvalue weighted by Gasteiger charge is 2.38. The Labute approximate surface area is 113 Å². The molecule has 1 saturated heterocycles. The Kier molecular flexibility index (Phi) is 4.23. The van der Waals surface area contributed by atoms with Crippen molar-refractivity contribution in [2.24, 2.45) is 0 Å². The molecule has 0 bridgehead atoms. The molecule has 2 rings (SSSR count). The minimum Gasteiger partial charge on any atom is -0.388 e. The summed E-state index contributed by atoms with van der Waals surface area (Å²) in [7, 11) is 0. The summed E-state index contributed by atoms with van der Waals surface area (Å²) in [6.45, 7) is 5.40. The van der Waals surface area contributed by atoms with Crippen molar-refractivity contribution in [1.82, 2.24) is 5.32 Å². The van der Waals surface area contributed by atoms with Gasteiger partial charge in [-0.1, -0.05) is 18.2 Å². The van der Waals surface area contributed by atoms with Gasteiger partial charge in [-0.05, 0) is 19.9 Å². The van der Waals surface area contributed by atoms with E-state index in [0.717, 1.165) is 0 Å². The number of nitrogens with one attached hydrogen (secondary N) is 1. The quantitative estimate of drug-likeness (QED) is 0.879. The zero-order valence-electron chi connectivity index (χ0n) is 11.6. The van der Waals surface area contributed by atoms with Gasteiger partial charge in [-0.3, -0.25) is 0 Å². The first-order valence-electron chi connectivity index (χ1n) is 6.71. The number of rotatable bonds is 4. The minimum absolute atomic E-state index is 0.214. The maximum Gasteiger partial charge on any atom is 0.127 e. The number of ether oxygens (including phenoxy) is 1. The van der Waals surface area contributed by atoms with E-state index in [1.807, 2.05) is 19.9 Å². The van der Waals surface area contributed by atoms with Gasteiger partial charge in [-0.25, -0.2) is 4.39 Å². The molecular weight excluding hydrogens is 245 g/mol. The van der Waals surface area contributed by atoms with E-state index >= 15 is 0 Å². The van der Waals surface area contributed by atoms with Crippen LogP contribution in [-0.2, 0) is 11.3 Å². The molecule has 106 valence electrons. The summed E-state index contributed by atoms with van der Waals surface area (Å²) >= 11 is 0. The Morgan fingerprint density at radius 2 is 2.11 bits per heavy atom. The summed E-state index contributed by atoms with van der Waals surface area (Å²) in [6, 6.07) is 6.68. The molecule has 1 aromatic rings. The lowest BCUT2D eigenvalue weighted by molar-refractivity contribution is -0.142. The molecule has 0 aliphatic carbocycles. The normalized spacial score (nSPS) is 26.3. The first-order valence-corrected chi connectivity index (χ1v) is 6.71. The SMILES string of the molecule is CC1(C)C[C@](O)(CNCc2ccccc2F)CCO1. The van der Waals surface area contributed by atoms with E-state index in [2.05, 4.69) is 5.32 Å². The van der Waals surface area contributed by atoms with Crippen LogP contribution in [0.4, 0.5) is 4.39 Å². The highest BCUT2D eigenvalue weighted by Crippen LogP contribution is 2.31. The molecule has 2 N–H and O–H groups in total. The maximum atomic E-state index is 13.5. The average molecular weight is 267 g/mol. The van der Waals surface area contributed by atoms with Crippen molar-refractivity contribution in [3.8, 4) is 0 Å². The van der Waals surface area contributed by atoms with E-state index in [1.54, 1.807) is 12.1 Å². The van der Waals surface area contributed by atoms with Gasteiger partial charge in [0.25, 0.3) is 0 Å². The number of aliphatic hydroxyl groups is 1. The van der Waals surface area contributed by atoms with Crippen LogP contribution < -0.4 is 5.32 Å². The lowest BCUT2D eigenvalue weighted by Gasteiger charge is -2.41. The molecule has 0 aromatic heterocycles. The Bertz CT molecular complexity index is 436. The van der Waals surface area contributed by atoms with Crippen LogP contribution in [0, 0.1) is 5.82 Å². The number of hydrogen-bond acceptors (Lipinski definition) is 3. The zero-order chi connectivity index (χ0) is 13.9. The molecule has 1 aliphatic heterocycles. The third-order valence-electron chi connectivity index (χ3n) is 3.54. The molecule has 1 atom stereocenters. The largest absolute Gasteiger partial charge is 0.388 e. The number of hydrogen-bond donors (Lipinski definition) is 2. The predicted octanol–water partition coefficient (Wildman–Crippen LogP) is 2.24. The van der Waals surface area contributed by atoms with E-state index in [-0.39, 0.29) is 11.4 Å². The molecule has 0 unspecified atom stereocenters. The Morgan fingerprint density at radius 1 is 1.37 bits per heavy atom. The molecule has 19 heavy (non-hydrogen) atoms. The van der Waals surface area contributed by atoms with E-state index in [1.165, 1.54) is 6.07 Å². The van der Waals surface area contributed by atoms with Crippen LogP contribution in [0.2, 0.25) is 0 Å². The molecule has 4 heteroatoms. The second-order valence-corrected chi connectivity index (χ2v) is 5.95. The van der Waals surface area contributed by atoms with Crippen LogP contribution in [0.25, 0.3) is 0 Å². The maximum absolute atomic E-state index is 13.5. The average Bonchev–Trinajstić information content (AvgIpc) is 2.30. The first-order chi connectivity index (χ1) is 8.90. The van der Waals surface area contributed by atoms with Crippen LogP contribution >= 0.6 is 0 Å². The van der Waals surface area contributed by atoms with Gasteiger partial charge in [-0.15, -0.1) is 0 Å². The molecule has 0 spiro atoms. The lowest BCUT2D eigenvalue weighted by atomic mass is 9.84.